The summed E-state index contributed by atoms with van der Waals surface area (Å²) < 4.78 is 5.76. The molecule has 0 radical (unpaired) electrons. The van der Waals surface area contributed by atoms with Gasteiger partial charge in [0.1, 0.15) is 5.75 Å². The molecule has 1 atom stereocenters. The van der Waals surface area contributed by atoms with Crippen molar-refractivity contribution in [2.75, 3.05) is 36.6 Å². The minimum atomic E-state index is -0.650. The number of hydrogen-bond acceptors (Lipinski definition) is 5. The van der Waals surface area contributed by atoms with Gasteiger partial charge < -0.3 is 20.3 Å². The van der Waals surface area contributed by atoms with Crippen molar-refractivity contribution < 1.29 is 14.3 Å². The molecule has 0 bridgehead atoms. The van der Waals surface area contributed by atoms with E-state index < -0.39 is 6.10 Å². The van der Waals surface area contributed by atoms with Crippen LogP contribution in [0.3, 0.4) is 0 Å². The highest BCUT2D eigenvalue weighted by atomic mass is 32.2. The Bertz CT molecular complexity index is 812. The summed E-state index contributed by atoms with van der Waals surface area (Å²) in [5, 5.41) is 5.52. The zero-order chi connectivity index (χ0) is 18.5. The summed E-state index contributed by atoms with van der Waals surface area (Å²) in [6.07, 6.45) is 1.34. The molecule has 1 heterocycles. The molecule has 1 aliphatic heterocycles. The molecule has 0 saturated carbocycles. The first kappa shape index (κ1) is 18.1. The fourth-order valence-electron chi connectivity index (χ4n) is 2.83. The van der Waals surface area contributed by atoms with Crippen LogP contribution in [0.4, 0.5) is 11.4 Å². The molecule has 0 aromatic heterocycles. The minimum Gasteiger partial charge on any atom is -0.477 e. The highest BCUT2D eigenvalue weighted by Gasteiger charge is 2.30. The average molecular weight is 371 g/mol. The molecule has 7 heteroatoms. The van der Waals surface area contributed by atoms with Gasteiger partial charge in [-0.25, -0.2) is 0 Å². The number of thioether (sulfide) groups is 1. The third-order valence-corrected chi connectivity index (χ3v) is 4.81. The first-order chi connectivity index (χ1) is 12.6. The maximum atomic E-state index is 12.5. The predicted molar refractivity (Wildman–Crippen MR) is 104 cm³/mol. The maximum Gasteiger partial charge on any atom is 0.262 e. The van der Waals surface area contributed by atoms with Gasteiger partial charge in [-0.05, 0) is 36.6 Å². The topological polar surface area (TPSA) is 70.7 Å². The number of nitrogens with zero attached hydrogens (tertiary/aromatic N) is 1. The highest BCUT2D eigenvalue weighted by Crippen LogP contribution is 2.33. The third-order valence-electron chi connectivity index (χ3n) is 4.09. The standard InChI is InChI=1S/C19H21N3O3S/c1-20-19(24)17-11-22(15-8-3-4-9-16(15)25-17)12-18(23)21-13-6-5-7-14(10-13)26-2/h3-10,17H,11-12H2,1-2H3,(H,20,24)(H,21,23)/t17-/m1/s1. The molecule has 0 unspecified atom stereocenters. The third kappa shape index (κ3) is 4.11. The van der Waals surface area contributed by atoms with E-state index in [1.165, 1.54) is 0 Å². The smallest absolute Gasteiger partial charge is 0.262 e. The van der Waals surface area contributed by atoms with Crippen LogP contribution < -0.4 is 20.3 Å². The summed E-state index contributed by atoms with van der Waals surface area (Å²) >= 11 is 1.62. The summed E-state index contributed by atoms with van der Waals surface area (Å²) in [5.41, 5.74) is 1.56. The van der Waals surface area contributed by atoms with Crippen LogP contribution in [0.5, 0.6) is 5.75 Å². The molecule has 0 saturated heterocycles. The predicted octanol–water partition coefficient (Wildman–Crippen LogP) is 2.36. The number of likely N-dealkylation sites (N-methyl/N-ethyl adjacent to an activating group) is 1. The zero-order valence-electron chi connectivity index (χ0n) is 14.7. The molecule has 2 aromatic rings. The van der Waals surface area contributed by atoms with Crippen LogP contribution >= 0.6 is 11.8 Å². The lowest BCUT2D eigenvalue weighted by Gasteiger charge is -2.35. The lowest BCUT2D eigenvalue weighted by Crippen LogP contribution is -2.50. The number of anilines is 2. The van der Waals surface area contributed by atoms with Crippen LogP contribution in [0.2, 0.25) is 0 Å². The SMILES string of the molecule is CNC(=O)[C@H]1CN(CC(=O)Nc2cccc(SC)c2)c2ccccc2O1. The molecule has 26 heavy (non-hydrogen) atoms. The van der Waals surface area contributed by atoms with Crippen LogP contribution in [-0.4, -0.2) is 44.3 Å². The minimum absolute atomic E-state index is 0.136. The maximum absolute atomic E-state index is 12.5. The first-order valence-electron chi connectivity index (χ1n) is 8.27. The molecule has 1 aliphatic rings. The van der Waals surface area contributed by atoms with Crippen LogP contribution in [0.1, 0.15) is 0 Å². The van der Waals surface area contributed by atoms with Gasteiger partial charge in [0.2, 0.25) is 5.91 Å². The summed E-state index contributed by atoms with van der Waals surface area (Å²) in [4.78, 5) is 27.5. The Hall–Kier alpha value is -2.67. The second-order valence-corrected chi connectivity index (χ2v) is 6.73. The van der Waals surface area contributed by atoms with Gasteiger partial charge in [-0.15, -0.1) is 11.8 Å². The van der Waals surface area contributed by atoms with Crippen molar-refractivity contribution in [2.45, 2.75) is 11.0 Å². The van der Waals surface area contributed by atoms with Crippen LogP contribution in [0.25, 0.3) is 0 Å². The van der Waals surface area contributed by atoms with E-state index in [9.17, 15) is 9.59 Å². The van der Waals surface area contributed by atoms with Crippen molar-refractivity contribution in [2.24, 2.45) is 0 Å². The number of carbonyl (C=O) groups is 2. The normalized spacial score (nSPS) is 15.6. The van der Waals surface area contributed by atoms with E-state index in [2.05, 4.69) is 10.6 Å². The van der Waals surface area contributed by atoms with Gasteiger partial charge in [0.05, 0.1) is 18.8 Å². The Balaban J connectivity index is 1.74. The van der Waals surface area contributed by atoms with E-state index >= 15 is 0 Å². The number of para-hydroxylation sites is 2. The number of carbonyl (C=O) groups excluding carboxylic acids is 2. The molecule has 2 N–H and O–H groups in total. The van der Waals surface area contributed by atoms with Crippen LogP contribution in [-0.2, 0) is 9.59 Å². The van der Waals surface area contributed by atoms with Crippen LogP contribution in [0, 0.1) is 0 Å². The number of hydrogen-bond donors (Lipinski definition) is 2. The van der Waals surface area contributed by atoms with Gasteiger partial charge in [-0.3, -0.25) is 9.59 Å². The average Bonchev–Trinajstić information content (AvgIpc) is 2.67. The zero-order valence-corrected chi connectivity index (χ0v) is 15.5. The Morgan fingerprint density at radius 1 is 1.23 bits per heavy atom. The summed E-state index contributed by atoms with van der Waals surface area (Å²) in [5.74, 6) is 0.248. The van der Waals surface area contributed by atoms with E-state index in [1.807, 2.05) is 53.6 Å². The van der Waals surface area contributed by atoms with Gasteiger partial charge in [0.25, 0.3) is 5.91 Å². The molecule has 136 valence electrons. The molecular weight excluding hydrogens is 350 g/mol. The lowest BCUT2D eigenvalue weighted by atomic mass is 10.1. The van der Waals surface area contributed by atoms with Gasteiger partial charge in [0, 0.05) is 17.6 Å². The van der Waals surface area contributed by atoms with Crippen molar-refractivity contribution >= 4 is 35.0 Å². The van der Waals surface area contributed by atoms with Gasteiger partial charge in [-0.1, -0.05) is 18.2 Å². The molecule has 0 aliphatic carbocycles. The number of amides is 2. The summed E-state index contributed by atoms with van der Waals surface area (Å²) in [6, 6.07) is 15.1. The quantitative estimate of drug-likeness (QED) is 0.790. The second-order valence-electron chi connectivity index (χ2n) is 5.85. The number of rotatable bonds is 5. The first-order valence-corrected chi connectivity index (χ1v) is 9.49. The second kappa shape index (κ2) is 8.14. The van der Waals surface area contributed by atoms with Crippen molar-refractivity contribution in [3.05, 3.63) is 48.5 Å². The number of nitrogens with one attached hydrogen (secondary N) is 2. The van der Waals surface area contributed by atoms with E-state index in [0.717, 1.165) is 16.3 Å². The van der Waals surface area contributed by atoms with Crippen molar-refractivity contribution in [3.63, 3.8) is 0 Å². The molecule has 2 aromatic carbocycles. The fourth-order valence-corrected chi connectivity index (χ4v) is 3.29. The number of ether oxygens (including phenoxy) is 1. The highest BCUT2D eigenvalue weighted by molar-refractivity contribution is 7.98. The molecule has 0 spiro atoms. The largest absolute Gasteiger partial charge is 0.477 e. The number of benzene rings is 2. The summed E-state index contributed by atoms with van der Waals surface area (Å²) in [7, 11) is 1.57. The molecule has 3 rings (SSSR count). The van der Waals surface area contributed by atoms with Crippen molar-refractivity contribution in [1.82, 2.24) is 5.32 Å². The molecule has 0 fully saturated rings. The molecular formula is C19H21N3O3S. The number of fused-ring (bicyclic) bond motifs is 1. The van der Waals surface area contributed by atoms with Crippen molar-refractivity contribution in [1.29, 1.82) is 0 Å². The van der Waals surface area contributed by atoms with Gasteiger partial charge in [-0.2, -0.15) is 0 Å². The Morgan fingerprint density at radius 3 is 2.81 bits per heavy atom. The van der Waals surface area contributed by atoms with Gasteiger partial charge >= 0.3 is 0 Å². The Labute approximate surface area is 156 Å². The van der Waals surface area contributed by atoms with Crippen molar-refractivity contribution in [3.8, 4) is 5.75 Å². The fraction of sp³-hybridized carbons (Fsp3) is 0.263. The lowest BCUT2D eigenvalue weighted by molar-refractivity contribution is -0.127. The Morgan fingerprint density at radius 2 is 2.04 bits per heavy atom. The Kier molecular flexibility index (Phi) is 5.68. The molecule has 2 amide bonds. The monoisotopic (exact) mass is 371 g/mol. The van der Waals surface area contributed by atoms with E-state index in [-0.39, 0.29) is 18.4 Å². The van der Waals surface area contributed by atoms with E-state index in [0.29, 0.717) is 12.3 Å². The van der Waals surface area contributed by atoms with Crippen LogP contribution in [0.15, 0.2) is 53.4 Å². The molecule has 6 nitrogen and oxygen atoms in total. The summed E-state index contributed by atoms with van der Waals surface area (Å²) in [6.45, 7) is 0.451. The van der Waals surface area contributed by atoms with E-state index in [1.54, 1.807) is 24.9 Å². The van der Waals surface area contributed by atoms with Gasteiger partial charge in [0.15, 0.2) is 6.10 Å². The van der Waals surface area contributed by atoms with E-state index in [4.69, 9.17) is 4.74 Å².